The van der Waals surface area contributed by atoms with Gasteiger partial charge in [-0.3, -0.25) is 0 Å². The van der Waals surface area contributed by atoms with Crippen LogP contribution in [0.15, 0.2) is 11.6 Å². The van der Waals surface area contributed by atoms with Crippen molar-refractivity contribution in [3.63, 3.8) is 0 Å². The number of allylic oxidation sites excluding steroid dienone is 2. The minimum absolute atomic E-state index is 0.561. The zero-order valence-electron chi connectivity index (χ0n) is 13.8. The van der Waals surface area contributed by atoms with E-state index in [0.29, 0.717) is 10.8 Å². The summed E-state index contributed by atoms with van der Waals surface area (Å²) in [5.41, 5.74) is 3.13. The van der Waals surface area contributed by atoms with Crippen molar-refractivity contribution in [1.29, 1.82) is 0 Å². The third-order valence-electron chi connectivity index (χ3n) is 8.42. The van der Waals surface area contributed by atoms with Crippen LogP contribution in [-0.2, 0) is 0 Å². The number of hydrogen-bond donors (Lipinski definition) is 0. The van der Waals surface area contributed by atoms with Crippen LogP contribution in [0, 0.1) is 34.5 Å². The Hall–Kier alpha value is -0.260. The molecule has 0 aromatic rings. The summed E-state index contributed by atoms with van der Waals surface area (Å²) in [5, 5.41) is 0. The van der Waals surface area contributed by atoms with Gasteiger partial charge in [0, 0.05) is 0 Å². The normalized spacial score (nSPS) is 54.6. The van der Waals surface area contributed by atoms with E-state index in [-0.39, 0.29) is 0 Å². The van der Waals surface area contributed by atoms with Crippen LogP contribution < -0.4 is 0 Å². The van der Waals surface area contributed by atoms with Crippen LogP contribution >= 0.6 is 0 Å². The Labute approximate surface area is 125 Å². The highest BCUT2D eigenvalue weighted by atomic mass is 14.6. The fraction of sp³-hybridized carbons (Fsp3) is 0.900. The van der Waals surface area contributed by atoms with Gasteiger partial charge in [0.1, 0.15) is 0 Å². The molecule has 0 amide bonds. The van der Waals surface area contributed by atoms with Crippen LogP contribution in [-0.4, -0.2) is 0 Å². The van der Waals surface area contributed by atoms with Crippen molar-refractivity contribution >= 4 is 0 Å². The van der Waals surface area contributed by atoms with E-state index in [0.717, 1.165) is 23.7 Å². The fourth-order valence-corrected chi connectivity index (χ4v) is 7.04. The highest BCUT2D eigenvalue weighted by Gasteiger charge is 2.56. The lowest BCUT2D eigenvalue weighted by Crippen LogP contribution is -2.50. The molecule has 0 aromatic carbocycles. The maximum absolute atomic E-state index is 2.71. The van der Waals surface area contributed by atoms with E-state index in [9.17, 15) is 0 Å². The molecule has 0 aliphatic heterocycles. The van der Waals surface area contributed by atoms with Crippen LogP contribution in [0.4, 0.5) is 0 Å². The maximum atomic E-state index is 2.71. The smallest absolute Gasteiger partial charge is 0.00597 e. The Balaban J connectivity index is 1.72. The number of fused-ring (bicyclic) bond motifs is 5. The van der Waals surface area contributed by atoms with Gasteiger partial charge in [0.05, 0.1) is 0 Å². The minimum atomic E-state index is 0.561. The molecular weight excluding hydrogens is 240 g/mol. The predicted molar refractivity (Wildman–Crippen MR) is 85.5 cm³/mol. The summed E-state index contributed by atoms with van der Waals surface area (Å²) < 4.78 is 0. The summed E-state index contributed by atoms with van der Waals surface area (Å²) in [7, 11) is 0. The SMILES string of the molecule is CC1CCCC2=CC[C@H]3[C@@H]4CCC[C@@]4(C)CC[C@@H]3[C@]21C. The summed E-state index contributed by atoms with van der Waals surface area (Å²) in [6.45, 7) is 7.82. The summed E-state index contributed by atoms with van der Waals surface area (Å²) >= 11 is 0. The lowest BCUT2D eigenvalue weighted by atomic mass is 9.46. The van der Waals surface area contributed by atoms with E-state index in [4.69, 9.17) is 0 Å². The Morgan fingerprint density at radius 2 is 1.85 bits per heavy atom. The predicted octanol–water partition coefficient (Wildman–Crippen LogP) is 5.98. The molecule has 20 heavy (non-hydrogen) atoms. The monoisotopic (exact) mass is 272 g/mol. The van der Waals surface area contributed by atoms with E-state index in [2.05, 4.69) is 26.8 Å². The molecule has 0 heterocycles. The molecule has 0 aromatic heterocycles. The number of hydrogen-bond acceptors (Lipinski definition) is 0. The van der Waals surface area contributed by atoms with Gasteiger partial charge >= 0.3 is 0 Å². The molecular formula is C20H32. The first-order chi connectivity index (χ1) is 9.56. The zero-order valence-corrected chi connectivity index (χ0v) is 13.8. The number of rotatable bonds is 0. The van der Waals surface area contributed by atoms with Gasteiger partial charge < -0.3 is 0 Å². The Kier molecular flexibility index (Phi) is 2.93. The standard InChI is InChI=1S/C20H32/c1-14-6-4-7-15-9-10-16-17-8-5-12-19(17,2)13-11-18(16)20(14,15)3/h9,14,16-18H,4-8,10-13H2,1-3H3/t14?,16-,17-,18-,19-,20-/m0/s1. The summed E-state index contributed by atoms with van der Waals surface area (Å²) in [6.07, 6.45) is 16.1. The summed E-state index contributed by atoms with van der Waals surface area (Å²) in [4.78, 5) is 0. The van der Waals surface area contributed by atoms with Crippen molar-refractivity contribution in [2.75, 3.05) is 0 Å². The lowest BCUT2D eigenvalue weighted by Gasteiger charge is -2.59. The molecule has 0 saturated heterocycles. The first-order valence-corrected chi connectivity index (χ1v) is 9.25. The Morgan fingerprint density at radius 3 is 2.70 bits per heavy atom. The van der Waals surface area contributed by atoms with Crippen molar-refractivity contribution in [1.82, 2.24) is 0 Å². The van der Waals surface area contributed by atoms with Crippen LogP contribution in [0.1, 0.15) is 78.6 Å². The summed E-state index contributed by atoms with van der Waals surface area (Å²) in [5.74, 6) is 3.99. The van der Waals surface area contributed by atoms with E-state index in [1.165, 1.54) is 57.8 Å². The van der Waals surface area contributed by atoms with Gasteiger partial charge in [-0.1, -0.05) is 38.8 Å². The fourth-order valence-electron chi connectivity index (χ4n) is 7.04. The Morgan fingerprint density at radius 1 is 1.00 bits per heavy atom. The molecule has 6 atom stereocenters. The van der Waals surface area contributed by atoms with Crippen LogP contribution in [0.5, 0.6) is 0 Å². The van der Waals surface area contributed by atoms with Gasteiger partial charge in [0.25, 0.3) is 0 Å². The minimum Gasteiger partial charge on any atom is -0.0845 e. The van der Waals surface area contributed by atoms with Crippen LogP contribution in [0.2, 0.25) is 0 Å². The second-order valence-electron chi connectivity index (χ2n) is 9.00. The molecule has 112 valence electrons. The van der Waals surface area contributed by atoms with Gasteiger partial charge in [-0.25, -0.2) is 0 Å². The molecule has 0 nitrogen and oxygen atoms in total. The van der Waals surface area contributed by atoms with Crippen LogP contribution in [0.3, 0.4) is 0 Å². The first-order valence-electron chi connectivity index (χ1n) is 9.25. The van der Waals surface area contributed by atoms with Crippen molar-refractivity contribution in [2.24, 2.45) is 34.5 Å². The molecule has 3 saturated carbocycles. The van der Waals surface area contributed by atoms with E-state index in [1.54, 1.807) is 0 Å². The molecule has 3 fully saturated rings. The van der Waals surface area contributed by atoms with E-state index < -0.39 is 0 Å². The topological polar surface area (TPSA) is 0 Å². The van der Waals surface area contributed by atoms with Crippen molar-refractivity contribution < 1.29 is 0 Å². The van der Waals surface area contributed by atoms with Gasteiger partial charge in [0.2, 0.25) is 0 Å². The molecule has 4 aliphatic carbocycles. The van der Waals surface area contributed by atoms with E-state index >= 15 is 0 Å². The molecule has 0 heteroatoms. The van der Waals surface area contributed by atoms with Gasteiger partial charge in [-0.2, -0.15) is 0 Å². The second kappa shape index (κ2) is 4.37. The first kappa shape index (κ1) is 13.4. The highest BCUT2D eigenvalue weighted by Crippen LogP contribution is 2.65. The van der Waals surface area contributed by atoms with Gasteiger partial charge in [0.15, 0.2) is 0 Å². The molecule has 0 bridgehead atoms. The molecule has 0 spiro atoms. The maximum Gasteiger partial charge on any atom is -0.00597 e. The van der Waals surface area contributed by atoms with Gasteiger partial charge in [-0.05, 0) is 85.9 Å². The lowest BCUT2D eigenvalue weighted by molar-refractivity contribution is -0.0446. The third-order valence-corrected chi connectivity index (χ3v) is 8.42. The third kappa shape index (κ3) is 1.60. The van der Waals surface area contributed by atoms with Crippen molar-refractivity contribution in [3.05, 3.63) is 11.6 Å². The van der Waals surface area contributed by atoms with Crippen LogP contribution in [0.25, 0.3) is 0 Å². The highest BCUT2D eigenvalue weighted by molar-refractivity contribution is 5.25. The zero-order chi connectivity index (χ0) is 14.0. The second-order valence-corrected chi connectivity index (χ2v) is 9.00. The molecule has 0 radical (unpaired) electrons. The van der Waals surface area contributed by atoms with E-state index in [1.807, 2.05) is 5.57 Å². The van der Waals surface area contributed by atoms with Crippen molar-refractivity contribution in [3.8, 4) is 0 Å². The van der Waals surface area contributed by atoms with Gasteiger partial charge in [-0.15, -0.1) is 0 Å². The molecule has 4 aliphatic rings. The average molecular weight is 272 g/mol. The largest absolute Gasteiger partial charge is 0.0845 e. The molecule has 0 N–H and O–H groups in total. The van der Waals surface area contributed by atoms with Crippen molar-refractivity contribution in [2.45, 2.75) is 78.6 Å². The molecule has 4 rings (SSSR count). The summed E-state index contributed by atoms with van der Waals surface area (Å²) in [6, 6.07) is 0. The quantitative estimate of drug-likeness (QED) is 0.476. The average Bonchev–Trinajstić information content (AvgIpc) is 2.82. The Bertz CT molecular complexity index is 433. The molecule has 1 unspecified atom stereocenters.